The van der Waals surface area contributed by atoms with Gasteiger partial charge in [0.2, 0.25) is 0 Å². The van der Waals surface area contributed by atoms with Crippen LogP contribution in [0.5, 0.6) is 0 Å². The van der Waals surface area contributed by atoms with Crippen molar-refractivity contribution in [2.75, 3.05) is 26.3 Å². The monoisotopic (exact) mass is 396 g/mol. The van der Waals surface area contributed by atoms with Gasteiger partial charge in [0.25, 0.3) is 0 Å². The fraction of sp³-hybridized carbons (Fsp3) is 0.520. The van der Waals surface area contributed by atoms with Crippen LogP contribution < -0.4 is 0 Å². The molecule has 0 spiro atoms. The van der Waals surface area contributed by atoms with Crippen LogP contribution in [0.4, 0.5) is 0 Å². The minimum Gasteiger partial charge on any atom is -0.299 e. The molecule has 1 fully saturated rings. The maximum atomic E-state index is 6.15. The molecule has 0 saturated carbocycles. The SMILES string of the molecule is Cc1cc(C)cc(CN2CCN(Cc3cc(C)cc(C)c3)OCCCCCO2)c1. The smallest absolute Gasteiger partial charge is 0.0685 e. The van der Waals surface area contributed by atoms with Gasteiger partial charge in [0.05, 0.1) is 13.2 Å². The van der Waals surface area contributed by atoms with Gasteiger partial charge in [-0.15, -0.1) is 0 Å². The van der Waals surface area contributed by atoms with Crippen molar-refractivity contribution in [1.29, 1.82) is 0 Å². The van der Waals surface area contributed by atoms with Gasteiger partial charge in [-0.25, -0.2) is 0 Å². The third-order valence-corrected chi connectivity index (χ3v) is 5.22. The summed E-state index contributed by atoms with van der Waals surface area (Å²) in [5.41, 5.74) is 7.82. The van der Waals surface area contributed by atoms with Gasteiger partial charge in [0, 0.05) is 26.2 Å². The number of benzene rings is 2. The van der Waals surface area contributed by atoms with Crippen LogP contribution in [0.1, 0.15) is 52.6 Å². The Balaban J connectivity index is 1.67. The summed E-state index contributed by atoms with van der Waals surface area (Å²) in [6.07, 6.45) is 3.28. The molecule has 1 aliphatic heterocycles. The van der Waals surface area contributed by atoms with Crippen LogP contribution >= 0.6 is 0 Å². The number of nitrogens with zero attached hydrogens (tertiary/aromatic N) is 2. The molecule has 0 aliphatic carbocycles. The second-order valence-corrected chi connectivity index (χ2v) is 8.45. The first-order chi connectivity index (χ1) is 14.0. The van der Waals surface area contributed by atoms with E-state index in [4.69, 9.17) is 9.68 Å². The predicted molar refractivity (Wildman–Crippen MR) is 118 cm³/mol. The van der Waals surface area contributed by atoms with Gasteiger partial charge in [-0.2, -0.15) is 10.1 Å². The maximum Gasteiger partial charge on any atom is 0.0685 e. The van der Waals surface area contributed by atoms with Crippen LogP contribution in [0.15, 0.2) is 36.4 Å². The highest BCUT2D eigenvalue weighted by atomic mass is 16.7. The van der Waals surface area contributed by atoms with Crippen molar-refractivity contribution in [3.8, 4) is 0 Å². The first-order valence-corrected chi connectivity index (χ1v) is 10.9. The van der Waals surface area contributed by atoms with Gasteiger partial charge in [-0.3, -0.25) is 9.68 Å². The third-order valence-electron chi connectivity index (χ3n) is 5.22. The highest BCUT2D eigenvalue weighted by Gasteiger charge is 2.14. The largest absolute Gasteiger partial charge is 0.299 e. The van der Waals surface area contributed by atoms with Crippen LogP contribution in [-0.2, 0) is 22.8 Å². The molecule has 0 radical (unpaired) electrons. The summed E-state index contributed by atoms with van der Waals surface area (Å²) < 4.78 is 0. The molecule has 1 aliphatic rings. The van der Waals surface area contributed by atoms with E-state index in [2.05, 4.69) is 74.2 Å². The molecular weight excluding hydrogens is 360 g/mol. The Morgan fingerprint density at radius 2 is 0.966 bits per heavy atom. The second-order valence-electron chi connectivity index (χ2n) is 8.45. The normalized spacial score (nSPS) is 17.8. The Morgan fingerprint density at radius 3 is 1.34 bits per heavy atom. The van der Waals surface area contributed by atoms with Crippen molar-refractivity contribution < 1.29 is 9.68 Å². The van der Waals surface area contributed by atoms with Gasteiger partial charge in [0.15, 0.2) is 0 Å². The Labute approximate surface area is 176 Å². The fourth-order valence-corrected chi connectivity index (χ4v) is 4.10. The van der Waals surface area contributed by atoms with Crippen molar-refractivity contribution in [3.63, 3.8) is 0 Å². The van der Waals surface area contributed by atoms with Crippen LogP contribution in [0.25, 0.3) is 0 Å². The van der Waals surface area contributed by atoms with E-state index in [0.29, 0.717) is 0 Å². The van der Waals surface area contributed by atoms with E-state index in [1.165, 1.54) is 33.4 Å². The number of hydrogen-bond donors (Lipinski definition) is 0. The minimum atomic E-state index is 0.780. The van der Waals surface area contributed by atoms with Crippen molar-refractivity contribution in [2.24, 2.45) is 0 Å². The summed E-state index contributed by atoms with van der Waals surface area (Å²) in [5.74, 6) is 0. The van der Waals surface area contributed by atoms with Gasteiger partial charge in [-0.05, 0) is 58.1 Å². The van der Waals surface area contributed by atoms with Gasteiger partial charge in [0.1, 0.15) is 0 Å². The quantitative estimate of drug-likeness (QED) is 0.703. The summed E-state index contributed by atoms with van der Waals surface area (Å²) in [7, 11) is 0. The summed E-state index contributed by atoms with van der Waals surface area (Å²) in [4.78, 5) is 12.3. The molecule has 0 aromatic heterocycles. The molecule has 2 aromatic carbocycles. The van der Waals surface area contributed by atoms with Crippen molar-refractivity contribution >= 4 is 0 Å². The van der Waals surface area contributed by atoms with E-state index in [1.54, 1.807) is 0 Å². The van der Waals surface area contributed by atoms with Crippen LogP contribution in [0.3, 0.4) is 0 Å². The molecule has 4 heteroatoms. The van der Waals surface area contributed by atoms with E-state index in [1.807, 2.05) is 0 Å². The lowest BCUT2D eigenvalue weighted by Gasteiger charge is -2.26. The van der Waals surface area contributed by atoms with E-state index in [9.17, 15) is 0 Å². The van der Waals surface area contributed by atoms with Crippen LogP contribution in [-0.4, -0.2) is 36.4 Å². The molecule has 2 aromatic rings. The molecule has 1 saturated heterocycles. The molecule has 158 valence electrons. The highest BCUT2D eigenvalue weighted by Crippen LogP contribution is 2.15. The first-order valence-electron chi connectivity index (χ1n) is 10.9. The Kier molecular flexibility index (Phi) is 8.25. The lowest BCUT2D eigenvalue weighted by molar-refractivity contribution is -0.201. The zero-order valence-electron chi connectivity index (χ0n) is 18.5. The average Bonchev–Trinajstić information content (AvgIpc) is 2.67. The highest BCUT2D eigenvalue weighted by molar-refractivity contribution is 5.29. The number of hydroxylamine groups is 4. The topological polar surface area (TPSA) is 24.9 Å². The van der Waals surface area contributed by atoms with E-state index in [0.717, 1.165) is 58.7 Å². The molecular formula is C25H36N2O2. The summed E-state index contributed by atoms with van der Waals surface area (Å²) in [6, 6.07) is 13.5. The van der Waals surface area contributed by atoms with Crippen molar-refractivity contribution in [1.82, 2.24) is 10.1 Å². The molecule has 0 N–H and O–H groups in total. The number of aryl methyl sites for hydroxylation is 4. The predicted octanol–water partition coefficient (Wildman–Crippen LogP) is 5.27. The zero-order chi connectivity index (χ0) is 20.6. The fourth-order valence-electron chi connectivity index (χ4n) is 4.10. The molecule has 0 unspecified atom stereocenters. The third kappa shape index (κ3) is 7.56. The lowest BCUT2D eigenvalue weighted by atomic mass is 10.1. The van der Waals surface area contributed by atoms with Gasteiger partial charge in [-0.1, -0.05) is 58.7 Å². The van der Waals surface area contributed by atoms with Gasteiger partial charge < -0.3 is 0 Å². The number of rotatable bonds is 4. The van der Waals surface area contributed by atoms with Crippen molar-refractivity contribution in [2.45, 2.75) is 60.0 Å². The minimum absolute atomic E-state index is 0.780. The lowest BCUT2D eigenvalue weighted by Crippen LogP contribution is -2.35. The summed E-state index contributed by atoms with van der Waals surface area (Å²) >= 11 is 0. The second kappa shape index (κ2) is 10.9. The molecule has 4 nitrogen and oxygen atoms in total. The van der Waals surface area contributed by atoms with Gasteiger partial charge >= 0.3 is 0 Å². The summed E-state index contributed by atoms with van der Waals surface area (Å²) in [6.45, 7) is 13.4. The molecule has 0 amide bonds. The maximum absolute atomic E-state index is 6.15. The average molecular weight is 397 g/mol. The van der Waals surface area contributed by atoms with Crippen molar-refractivity contribution in [3.05, 3.63) is 69.8 Å². The number of hydrogen-bond acceptors (Lipinski definition) is 4. The molecule has 29 heavy (non-hydrogen) atoms. The molecule has 0 atom stereocenters. The summed E-state index contributed by atoms with van der Waals surface area (Å²) in [5, 5.41) is 4.22. The molecule has 1 heterocycles. The Hall–Kier alpha value is -1.72. The van der Waals surface area contributed by atoms with Crippen LogP contribution in [0.2, 0.25) is 0 Å². The Morgan fingerprint density at radius 1 is 0.586 bits per heavy atom. The molecule has 3 rings (SSSR count). The van der Waals surface area contributed by atoms with E-state index in [-0.39, 0.29) is 0 Å². The Bertz CT molecular complexity index is 684. The zero-order valence-corrected chi connectivity index (χ0v) is 18.5. The van der Waals surface area contributed by atoms with E-state index < -0.39 is 0 Å². The molecule has 0 bridgehead atoms. The van der Waals surface area contributed by atoms with Crippen LogP contribution in [0, 0.1) is 27.7 Å². The first kappa shape index (κ1) is 22.0. The van der Waals surface area contributed by atoms with E-state index >= 15 is 0 Å². The standard InChI is InChI=1S/C25H36N2O2/c1-20-12-21(2)15-24(14-20)18-26-8-9-27(29-11-7-5-6-10-28-26)19-25-16-22(3)13-23(4)17-25/h12-17H,5-11,18-19H2,1-4H3.